The van der Waals surface area contributed by atoms with Gasteiger partial charge in [0.2, 0.25) is 5.91 Å². The molecule has 1 aromatic rings. The number of carbonyl (C=O) groups excluding carboxylic acids is 1. The minimum absolute atomic E-state index is 0.138. The Morgan fingerprint density at radius 2 is 2.10 bits per heavy atom. The van der Waals surface area contributed by atoms with E-state index in [0.717, 1.165) is 28.0 Å². The summed E-state index contributed by atoms with van der Waals surface area (Å²) in [4.78, 5) is 13.6. The molecule has 1 aliphatic rings. The van der Waals surface area contributed by atoms with E-state index in [9.17, 15) is 13.2 Å². The van der Waals surface area contributed by atoms with E-state index in [1.54, 1.807) is 11.0 Å². The van der Waals surface area contributed by atoms with E-state index in [1.807, 2.05) is 0 Å². The van der Waals surface area contributed by atoms with E-state index in [2.05, 4.69) is 20.7 Å². The molecule has 20 heavy (non-hydrogen) atoms. The van der Waals surface area contributed by atoms with Gasteiger partial charge in [-0.25, -0.2) is 13.1 Å². The van der Waals surface area contributed by atoms with Crippen LogP contribution in [0, 0.1) is 0 Å². The van der Waals surface area contributed by atoms with Crippen LogP contribution >= 0.6 is 27.3 Å². The minimum Gasteiger partial charge on any atom is -0.341 e. The minimum atomic E-state index is -3.62. The Bertz CT molecular complexity index is 579. The van der Waals surface area contributed by atoms with Crippen LogP contribution in [0.2, 0.25) is 0 Å². The summed E-state index contributed by atoms with van der Waals surface area (Å²) >= 11 is 4.32. The molecule has 1 amide bonds. The highest BCUT2D eigenvalue weighted by molar-refractivity contribution is 9.11. The molecule has 2 heterocycles. The highest BCUT2D eigenvalue weighted by atomic mass is 79.9. The molecule has 0 aliphatic carbocycles. The number of sulfonamides is 1. The standard InChI is InChI=1S/C11H16BrN3O3S2/c12-9-1-2-11(19-9)20(17,18)14-7-10(16)15-5-3-8(13)4-6-15/h1-2,8,14H,3-7,13H2. The lowest BCUT2D eigenvalue weighted by Gasteiger charge is -2.30. The molecule has 0 bridgehead atoms. The molecule has 3 N–H and O–H groups in total. The topological polar surface area (TPSA) is 92.5 Å². The summed E-state index contributed by atoms with van der Waals surface area (Å²) < 4.78 is 27.2. The number of carbonyl (C=O) groups is 1. The smallest absolute Gasteiger partial charge is 0.250 e. The number of amides is 1. The molecule has 1 aliphatic heterocycles. The largest absolute Gasteiger partial charge is 0.341 e. The molecular formula is C11H16BrN3O3S2. The van der Waals surface area contributed by atoms with Crippen molar-refractivity contribution >= 4 is 43.2 Å². The molecular weight excluding hydrogens is 366 g/mol. The second-order valence-electron chi connectivity index (χ2n) is 4.60. The highest BCUT2D eigenvalue weighted by Gasteiger charge is 2.23. The van der Waals surface area contributed by atoms with E-state index in [-0.39, 0.29) is 22.7 Å². The second kappa shape index (κ2) is 6.52. The first kappa shape index (κ1) is 15.9. The van der Waals surface area contributed by atoms with Gasteiger partial charge in [0.1, 0.15) is 4.21 Å². The average molecular weight is 382 g/mol. The number of halogens is 1. The Labute approximate surface area is 130 Å². The van der Waals surface area contributed by atoms with E-state index in [4.69, 9.17) is 5.73 Å². The Morgan fingerprint density at radius 3 is 2.65 bits per heavy atom. The van der Waals surface area contributed by atoms with Crippen LogP contribution in [0.1, 0.15) is 12.8 Å². The molecule has 1 fully saturated rings. The normalized spacial score (nSPS) is 17.4. The fourth-order valence-corrected chi connectivity index (χ4v) is 4.96. The van der Waals surface area contributed by atoms with Gasteiger partial charge in [0, 0.05) is 19.1 Å². The van der Waals surface area contributed by atoms with Gasteiger partial charge in [-0.15, -0.1) is 11.3 Å². The molecule has 112 valence electrons. The lowest BCUT2D eigenvalue weighted by atomic mass is 10.1. The third-order valence-electron chi connectivity index (χ3n) is 3.12. The maximum Gasteiger partial charge on any atom is 0.250 e. The third kappa shape index (κ3) is 4.01. The lowest BCUT2D eigenvalue weighted by molar-refractivity contribution is -0.130. The highest BCUT2D eigenvalue weighted by Crippen LogP contribution is 2.25. The predicted octanol–water partition coefficient (Wildman–Crippen LogP) is 0.739. The number of hydrogen-bond acceptors (Lipinski definition) is 5. The fourth-order valence-electron chi connectivity index (χ4n) is 1.93. The predicted molar refractivity (Wildman–Crippen MR) is 81.0 cm³/mol. The number of nitrogens with one attached hydrogen (secondary N) is 1. The number of nitrogens with two attached hydrogens (primary N) is 1. The van der Waals surface area contributed by atoms with Crippen molar-refractivity contribution in [2.75, 3.05) is 19.6 Å². The first-order chi connectivity index (χ1) is 9.38. The Balaban J connectivity index is 1.90. The van der Waals surface area contributed by atoms with Crippen molar-refractivity contribution in [3.05, 3.63) is 15.9 Å². The van der Waals surface area contributed by atoms with E-state index >= 15 is 0 Å². The number of likely N-dealkylation sites (tertiary alicyclic amines) is 1. The molecule has 9 heteroatoms. The summed E-state index contributed by atoms with van der Waals surface area (Å²) in [7, 11) is -3.62. The van der Waals surface area contributed by atoms with Gasteiger partial charge in [-0.05, 0) is 40.9 Å². The maximum absolute atomic E-state index is 12.0. The van der Waals surface area contributed by atoms with E-state index < -0.39 is 10.0 Å². The Kier molecular flexibility index (Phi) is 5.19. The van der Waals surface area contributed by atoms with Crippen molar-refractivity contribution in [3.8, 4) is 0 Å². The summed E-state index contributed by atoms with van der Waals surface area (Å²) in [6, 6.07) is 3.30. The zero-order chi connectivity index (χ0) is 14.8. The van der Waals surface area contributed by atoms with Crippen molar-refractivity contribution in [2.45, 2.75) is 23.1 Å². The summed E-state index contributed by atoms with van der Waals surface area (Å²) in [5.74, 6) is -0.212. The van der Waals surface area contributed by atoms with Gasteiger partial charge >= 0.3 is 0 Å². The summed E-state index contributed by atoms with van der Waals surface area (Å²) in [5, 5.41) is 0. The Morgan fingerprint density at radius 1 is 1.45 bits per heavy atom. The van der Waals surface area contributed by atoms with Crippen LogP contribution in [-0.2, 0) is 14.8 Å². The number of thiophene rings is 1. The summed E-state index contributed by atoms with van der Waals surface area (Å²) in [6.45, 7) is 0.964. The van der Waals surface area contributed by atoms with Crippen LogP contribution < -0.4 is 10.5 Å². The van der Waals surface area contributed by atoms with Gasteiger partial charge in [0.05, 0.1) is 10.3 Å². The van der Waals surface area contributed by atoms with Crippen LogP contribution in [0.15, 0.2) is 20.1 Å². The van der Waals surface area contributed by atoms with E-state index in [1.165, 1.54) is 6.07 Å². The quantitative estimate of drug-likeness (QED) is 0.804. The van der Waals surface area contributed by atoms with Gasteiger partial charge in [0.15, 0.2) is 0 Å². The Hall–Kier alpha value is -0.480. The van der Waals surface area contributed by atoms with Crippen LogP contribution in [0.4, 0.5) is 0 Å². The molecule has 0 aromatic carbocycles. The molecule has 0 spiro atoms. The van der Waals surface area contributed by atoms with Gasteiger partial charge in [-0.2, -0.15) is 0 Å². The fraction of sp³-hybridized carbons (Fsp3) is 0.545. The second-order valence-corrected chi connectivity index (χ2v) is 9.06. The van der Waals surface area contributed by atoms with Crippen molar-refractivity contribution in [2.24, 2.45) is 5.73 Å². The average Bonchev–Trinajstić information content (AvgIpc) is 2.84. The first-order valence-corrected chi connectivity index (χ1v) is 9.26. The molecule has 0 saturated carbocycles. The van der Waals surface area contributed by atoms with Crippen molar-refractivity contribution in [1.29, 1.82) is 0 Å². The zero-order valence-corrected chi connectivity index (χ0v) is 13.9. The molecule has 1 aromatic heterocycles. The van der Waals surface area contributed by atoms with Gasteiger partial charge in [-0.1, -0.05) is 0 Å². The van der Waals surface area contributed by atoms with Crippen LogP contribution in [0.5, 0.6) is 0 Å². The van der Waals surface area contributed by atoms with E-state index in [0.29, 0.717) is 13.1 Å². The van der Waals surface area contributed by atoms with Crippen molar-refractivity contribution < 1.29 is 13.2 Å². The van der Waals surface area contributed by atoms with Gasteiger partial charge < -0.3 is 10.6 Å². The third-order valence-corrected chi connectivity index (χ3v) is 6.64. The number of nitrogens with zero attached hydrogens (tertiary/aromatic N) is 1. The van der Waals surface area contributed by atoms with Gasteiger partial charge in [0.25, 0.3) is 10.0 Å². The molecule has 1 saturated heterocycles. The lowest BCUT2D eigenvalue weighted by Crippen LogP contribution is -2.46. The van der Waals surface area contributed by atoms with Crippen LogP contribution in [0.3, 0.4) is 0 Å². The molecule has 0 radical (unpaired) electrons. The molecule has 0 atom stereocenters. The zero-order valence-electron chi connectivity index (χ0n) is 10.7. The van der Waals surface area contributed by atoms with Crippen molar-refractivity contribution in [3.63, 3.8) is 0 Å². The number of hydrogen-bond donors (Lipinski definition) is 2. The number of rotatable bonds is 4. The number of piperidine rings is 1. The monoisotopic (exact) mass is 381 g/mol. The maximum atomic E-state index is 12.0. The van der Waals surface area contributed by atoms with Crippen molar-refractivity contribution in [1.82, 2.24) is 9.62 Å². The summed E-state index contributed by atoms with van der Waals surface area (Å²) in [5.41, 5.74) is 5.77. The SMILES string of the molecule is NC1CCN(C(=O)CNS(=O)(=O)c2ccc(Br)s2)CC1. The first-order valence-electron chi connectivity index (χ1n) is 6.17. The van der Waals surface area contributed by atoms with Gasteiger partial charge in [-0.3, -0.25) is 4.79 Å². The molecule has 2 rings (SSSR count). The van der Waals surface area contributed by atoms with Crippen LogP contribution in [-0.4, -0.2) is 44.9 Å². The van der Waals surface area contributed by atoms with Crippen LogP contribution in [0.25, 0.3) is 0 Å². The molecule has 0 unspecified atom stereocenters. The summed E-state index contributed by atoms with van der Waals surface area (Å²) in [6.07, 6.45) is 1.52. The molecule has 6 nitrogen and oxygen atoms in total.